The van der Waals surface area contributed by atoms with Gasteiger partial charge in [0.1, 0.15) is 17.2 Å². The maximum atomic E-state index is 14.1. The SMILES string of the molecule is Cc1cnc2ccc(-c3nc(CCC(=O)[C@H]4CCCN4C)c(N)nc3-c3ccc(F)c(F)c3)cn12. The van der Waals surface area contributed by atoms with Crippen molar-refractivity contribution in [3.63, 3.8) is 0 Å². The van der Waals surface area contributed by atoms with Crippen LogP contribution < -0.4 is 5.73 Å². The molecule has 5 rings (SSSR count). The fourth-order valence-corrected chi connectivity index (χ4v) is 4.68. The molecule has 4 heterocycles. The summed E-state index contributed by atoms with van der Waals surface area (Å²) in [4.78, 5) is 28.6. The second-order valence-corrected chi connectivity index (χ2v) is 9.03. The van der Waals surface area contributed by atoms with Crippen molar-refractivity contribution >= 4 is 17.2 Å². The summed E-state index contributed by atoms with van der Waals surface area (Å²) in [6.07, 6.45) is 6.17. The minimum atomic E-state index is -0.981. The van der Waals surface area contributed by atoms with Crippen molar-refractivity contribution < 1.29 is 13.6 Å². The summed E-state index contributed by atoms with van der Waals surface area (Å²) in [5.41, 5.74) is 10.4. The van der Waals surface area contributed by atoms with Gasteiger partial charge in [0.15, 0.2) is 11.6 Å². The summed E-state index contributed by atoms with van der Waals surface area (Å²) in [6, 6.07) is 7.23. The number of carbonyl (C=O) groups excluding carboxylic acids is 1. The van der Waals surface area contributed by atoms with Crippen LogP contribution in [0.15, 0.2) is 42.7 Å². The highest BCUT2D eigenvalue weighted by Crippen LogP contribution is 2.32. The summed E-state index contributed by atoms with van der Waals surface area (Å²) in [6.45, 7) is 2.85. The zero-order valence-corrected chi connectivity index (χ0v) is 19.6. The molecule has 2 N–H and O–H groups in total. The molecule has 0 saturated carbocycles. The number of fused-ring (bicyclic) bond motifs is 1. The van der Waals surface area contributed by atoms with Crippen molar-refractivity contribution in [2.45, 2.75) is 38.6 Å². The van der Waals surface area contributed by atoms with Gasteiger partial charge in [-0.1, -0.05) is 0 Å². The van der Waals surface area contributed by atoms with E-state index >= 15 is 0 Å². The summed E-state index contributed by atoms with van der Waals surface area (Å²) in [5, 5.41) is 0. The molecule has 0 spiro atoms. The van der Waals surface area contributed by atoms with Crippen molar-refractivity contribution in [3.05, 3.63) is 65.7 Å². The number of anilines is 1. The van der Waals surface area contributed by atoms with Crippen LogP contribution in [0.2, 0.25) is 0 Å². The number of nitrogen functional groups attached to an aromatic ring is 1. The molecule has 1 aromatic carbocycles. The molecule has 4 aromatic rings. The first-order chi connectivity index (χ1) is 16.8. The largest absolute Gasteiger partial charge is 0.382 e. The molecule has 35 heavy (non-hydrogen) atoms. The van der Waals surface area contributed by atoms with Crippen LogP contribution in [0.1, 0.15) is 30.7 Å². The number of nitrogens with two attached hydrogens (primary N) is 1. The summed E-state index contributed by atoms with van der Waals surface area (Å²) in [5.74, 6) is -1.60. The third-order valence-electron chi connectivity index (χ3n) is 6.66. The van der Waals surface area contributed by atoms with E-state index in [-0.39, 0.29) is 17.6 Å². The number of Topliss-reactive ketones (excluding diaryl/α,β-unsaturated/α-hetero) is 1. The van der Waals surface area contributed by atoms with Gasteiger partial charge in [-0.2, -0.15) is 0 Å². The van der Waals surface area contributed by atoms with E-state index in [1.54, 1.807) is 6.20 Å². The first-order valence-corrected chi connectivity index (χ1v) is 11.6. The average molecular weight is 477 g/mol. The van der Waals surface area contributed by atoms with Gasteiger partial charge in [-0.25, -0.2) is 23.7 Å². The van der Waals surface area contributed by atoms with Crippen LogP contribution in [0, 0.1) is 18.6 Å². The number of likely N-dealkylation sites (tertiary alicyclic amines) is 1. The normalized spacial score (nSPS) is 16.3. The average Bonchev–Trinajstić information content (AvgIpc) is 3.44. The lowest BCUT2D eigenvalue weighted by atomic mass is 10.0. The summed E-state index contributed by atoms with van der Waals surface area (Å²) < 4.78 is 29.6. The van der Waals surface area contributed by atoms with Crippen LogP contribution in [-0.2, 0) is 11.2 Å². The highest BCUT2D eigenvalue weighted by molar-refractivity contribution is 5.85. The molecule has 1 fully saturated rings. The Morgan fingerprint density at radius 1 is 1.11 bits per heavy atom. The van der Waals surface area contributed by atoms with Crippen LogP contribution in [0.25, 0.3) is 28.2 Å². The second-order valence-electron chi connectivity index (χ2n) is 9.03. The number of nitrogens with zero attached hydrogens (tertiary/aromatic N) is 5. The molecular formula is C26H26F2N6O. The lowest BCUT2D eigenvalue weighted by Crippen LogP contribution is -2.33. The molecule has 9 heteroatoms. The fourth-order valence-electron chi connectivity index (χ4n) is 4.68. The Bertz CT molecular complexity index is 1430. The van der Waals surface area contributed by atoms with E-state index in [9.17, 15) is 13.6 Å². The maximum absolute atomic E-state index is 14.1. The lowest BCUT2D eigenvalue weighted by molar-refractivity contribution is -0.122. The highest BCUT2D eigenvalue weighted by Gasteiger charge is 2.27. The number of benzene rings is 1. The van der Waals surface area contributed by atoms with Gasteiger partial charge in [0.05, 0.1) is 23.1 Å². The topological polar surface area (TPSA) is 89.4 Å². The third-order valence-corrected chi connectivity index (χ3v) is 6.66. The Balaban J connectivity index is 1.57. The number of halogens is 2. The Kier molecular flexibility index (Phi) is 6.02. The van der Waals surface area contributed by atoms with E-state index in [2.05, 4.69) is 14.9 Å². The lowest BCUT2D eigenvalue weighted by Gasteiger charge is -2.18. The quantitative estimate of drug-likeness (QED) is 0.448. The van der Waals surface area contributed by atoms with Gasteiger partial charge in [0.2, 0.25) is 0 Å². The van der Waals surface area contributed by atoms with Gasteiger partial charge in [-0.3, -0.25) is 9.69 Å². The molecule has 0 unspecified atom stereocenters. The minimum Gasteiger partial charge on any atom is -0.382 e. The predicted octanol–water partition coefficient (Wildman–Crippen LogP) is 4.22. The standard InChI is InChI=1S/C26H26F2N6O/c1-15-13-30-23-10-6-17(14-34(15)23)25-24(16-5-7-18(27)19(28)12-16)32-26(29)20(31-25)8-9-22(35)21-4-3-11-33(21)2/h5-7,10,12-14,21H,3-4,8-9,11H2,1-2H3,(H2,29,32)/t21-/m1/s1. The molecule has 0 aliphatic carbocycles. The predicted molar refractivity (Wildman–Crippen MR) is 130 cm³/mol. The van der Waals surface area contributed by atoms with Crippen LogP contribution in [-0.4, -0.2) is 49.7 Å². The van der Waals surface area contributed by atoms with Gasteiger partial charge in [0, 0.05) is 42.1 Å². The van der Waals surface area contributed by atoms with E-state index in [4.69, 9.17) is 10.7 Å². The molecule has 0 radical (unpaired) electrons. The van der Waals surface area contributed by atoms with Gasteiger partial charge < -0.3 is 10.1 Å². The zero-order valence-electron chi connectivity index (χ0n) is 19.6. The molecule has 180 valence electrons. The Morgan fingerprint density at radius 2 is 1.89 bits per heavy atom. The number of pyridine rings is 1. The van der Waals surface area contributed by atoms with Crippen molar-refractivity contribution in [2.24, 2.45) is 0 Å². The first-order valence-electron chi connectivity index (χ1n) is 11.6. The summed E-state index contributed by atoms with van der Waals surface area (Å²) in [7, 11) is 1.96. The van der Waals surface area contributed by atoms with Gasteiger partial charge >= 0.3 is 0 Å². The number of rotatable bonds is 6. The smallest absolute Gasteiger partial charge is 0.159 e. The second kappa shape index (κ2) is 9.14. The number of carbonyl (C=O) groups is 1. The van der Waals surface area contributed by atoms with E-state index in [1.807, 2.05) is 36.7 Å². The monoisotopic (exact) mass is 476 g/mol. The minimum absolute atomic E-state index is 0.0725. The Hall–Kier alpha value is -3.72. The van der Waals surface area contributed by atoms with Gasteiger partial charge in [-0.15, -0.1) is 0 Å². The fraction of sp³-hybridized carbons (Fsp3) is 0.308. The van der Waals surface area contributed by atoms with E-state index < -0.39 is 11.6 Å². The van der Waals surface area contributed by atoms with Crippen LogP contribution in [0.4, 0.5) is 14.6 Å². The number of aryl methyl sites for hydroxylation is 2. The number of likely N-dealkylation sites (N-methyl/N-ethyl adjacent to an activating group) is 1. The van der Waals surface area contributed by atoms with Crippen molar-refractivity contribution in [3.8, 4) is 22.5 Å². The number of ketones is 1. The number of hydrogen-bond donors (Lipinski definition) is 1. The van der Waals surface area contributed by atoms with E-state index in [0.29, 0.717) is 41.1 Å². The molecule has 1 saturated heterocycles. The highest BCUT2D eigenvalue weighted by atomic mass is 19.2. The van der Waals surface area contributed by atoms with Crippen LogP contribution >= 0.6 is 0 Å². The molecule has 7 nitrogen and oxygen atoms in total. The van der Waals surface area contributed by atoms with E-state index in [0.717, 1.165) is 42.9 Å². The van der Waals surface area contributed by atoms with Crippen molar-refractivity contribution in [1.82, 2.24) is 24.3 Å². The van der Waals surface area contributed by atoms with Crippen molar-refractivity contribution in [1.29, 1.82) is 0 Å². The molecule has 1 aliphatic heterocycles. The molecule has 1 atom stereocenters. The Morgan fingerprint density at radius 3 is 2.63 bits per heavy atom. The number of hydrogen-bond acceptors (Lipinski definition) is 6. The van der Waals surface area contributed by atoms with Crippen molar-refractivity contribution in [2.75, 3.05) is 19.3 Å². The third kappa shape index (κ3) is 4.39. The van der Waals surface area contributed by atoms with E-state index in [1.165, 1.54) is 6.07 Å². The maximum Gasteiger partial charge on any atom is 0.159 e. The van der Waals surface area contributed by atoms with Gasteiger partial charge in [0.25, 0.3) is 0 Å². The molecular weight excluding hydrogens is 450 g/mol. The zero-order chi connectivity index (χ0) is 24.7. The van der Waals surface area contributed by atoms with Crippen LogP contribution in [0.5, 0.6) is 0 Å². The first kappa shape index (κ1) is 23.0. The molecule has 3 aromatic heterocycles. The number of aromatic nitrogens is 4. The van der Waals surface area contributed by atoms with Crippen LogP contribution in [0.3, 0.4) is 0 Å². The van der Waals surface area contributed by atoms with Gasteiger partial charge in [-0.05, 0) is 63.7 Å². The summed E-state index contributed by atoms with van der Waals surface area (Å²) >= 11 is 0. The number of imidazole rings is 1. The Labute approximate surface area is 201 Å². The molecule has 0 bridgehead atoms. The molecule has 0 amide bonds. The molecule has 1 aliphatic rings.